The molecule has 1 amide bonds. The van der Waals surface area contributed by atoms with Gasteiger partial charge in [0.25, 0.3) is 5.91 Å². The molecule has 9 heteroatoms. The summed E-state index contributed by atoms with van der Waals surface area (Å²) in [4.78, 5) is 26.2. The van der Waals surface area contributed by atoms with Gasteiger partial charge in [0.2, 0.25) is 0 Å². The molecule has 0 atom stereocenters. The fourth-order valence-electron chi connectivity index (χ4n) is 1.52. The van der Waals surface area contributed by atoms with Crippen LogP contribution in [0, 0.1) is 20.6 Å². The number of nitro groups is 1. The number of aryl methyl sites for hydroxylation is 1. The Morgan fingerprint density at radius 3 is 2.80 bits per heavy atom. The molecular formula is C11H9IN4O3S. The van der Waals surface area contributed by atoms with Gasteiger partial charge in [-0.2, -0.15) is 0 Å². The molecular weight excluding hydrogens is 395 g/mol. The molecule has 0 radical (unpaired) electrons. The van der Waals surface area contributed by atoms with E-state index >= 15 is 0 Å². The fraction of sp³-hybridized carbons (Fsp3) is 0.0909. The minimum atomic E-state index is -0.526. The number of nitrogens with two attached hydrogens (primary N) is 1. The summed E-state index contributed by atoms with van der Waals surface area (Å²) in [5.41, 5.74) is 6.69. The van der Waals surface area contributed by atoms with Crippen LogP contribution in [0.1, 0.15) is 16.1 Å². The van der Waals surface area contributed by atoms with Gasteiger partial charge in [0.1, 0.15) is 5.69 Å². The van der Waals surface area contributed by atoms with E-state index in [-0.39, 0.29) is 15.8 Å². The van der Waals surface area contributed by atoms with Crippen LogP contribution >= 0.6 is 33.9 Å². The minimum Gasteiger partial charge on any atom is -0.398 e. The van der Waals surface area contributed by atoms with Crippen LogP contribution in [-0.2, 0) is 0 Å². The number of benzene rings is 1. The van der Waals surface area contributed by atoms with Gasteiger partial charge in [-0.25, -0.2) is 4.98 Å². The molecule has 2 rings (SSSR count). The first-order chi connectivity index (χ1) is 9.38. The maximum absolute atomic E-state index is 12.0. The second-order valence-corrected chi connectivity index (χ2v) is 6.08. The van der Waals surface area contributed by atoms with Crippen LogP contribution in [0.15, 0.2) is 18.2 Å². The van der Waals surface area contributed by atoms with Crippen molar-refractivity contribution in [1.82, 2.24) is 4.98 Å². The van der Waals surface area contributed by atoms with E-state index < -0.39 is 10.8 Å². The second-order valence-electron chi connectivity index (χ2n) is 3.85. The lowest BCUT2D eigenvalue weighted by molar-refractivity contribution is -0.380. The minimum absolute atomic E-state index is 0.0871. The van der Waals surface area contributed by atoms with Gasteiger partial charge in [-0.1, -0.05) is 0 Å². The molecule has 3 N–H and O–H groups in total. The quantitative estimate of drug-likeness (QED) is 0.354. The van der Waals surface area contributed by atoms with Crippen molar-refractivity contribution in [3.8, 4) is 0 Å². The number of hydrogen-bond acceptors (Lipinski definition) is 6. The summed E-state index contributed by atoms with van der Waals surface area (Å²) in [6, 6.07) is 5.02. The van der Waals surface area contributed by atoms with Crippen molar-refractivity contribution in [3.63, 3.8) is 0 Å². The maximum Gasteiger partial charge on any atom is 0.348 e. The highest BCUT2D eigenvalue weighted by Gasteiger charge is 2.19. The highest BCUT2D eigenvalue weighted by atomic mass is 127. The van der Waals surface area contributed by atoms with Crippen LogP contribution in [-0.4, -0.2) is 15.8 Å². The number of thiazole rings is 1. The Morgan fingerprint density at radius 2 is 2.25 bits per heavy atom. The normalized spacial score (nSPS) is 10.3. The molecule has 0 spiro atoms. The number of nitrogens with zero attached hydrogens (tertiary/aromatic N) is 2. The molecule has 104 valence electrons. The zero-order chi connectivity index (χ0) is 14.9. The average molecular weight is 404 g/mol. The molecule has 0 saturated heterocycles. The second kappa shape index (κ2) is 5.71. The number of carbonyl (C=O) groups excluding carboxylic acids is 1. The van der Waals surface area contributed by atoms with Crippen LogP contribution in [0.2, 0.25) is 0 Å². The lowest BCUT2D eigenvalue weighted by Gasteiger charge is -2.05. The first kappa shape index (κ1) is 14.7. The summed E-state index contributed by atoms with van der Waals surface area (Å²) in [5.74, 6) is -0.442. The third kappa shape index (κ3) is 3.04. The van der Waals surface area contributed by atoms with E-state index in [0.717, 1.165) is 14.9 Å². The van der Waals surface area contributed by atoms with Crippen LogP contribution in [0.5, 0.6) is 0 Å². The first-order valence-corrected chi connectivity index (χ1v) is 7.26. The summed E-state index contributed by atoms with van der Waals surface area (Å²) in [7, 11) is 0. The smallest absolute Gasteiger partial charge is 0.348 e. The summed E-state index contributed by atoms with van der Waals surface area (Å²) < 4.78 is 0.914. The molecule has 0 aliphatic rings. The van der Waals surface area contributed by atoms with E-state index in [1.165, 1.54) is 6.92 Å². The van der Waals surface area contributed by atoms with Crippen molar-refractivity contribution < 1.29 is 9.72 Å². The molecule has 0 aliphatic heterocycles. The standard InChI is InChI=1S/C11H9IN4O3S/c1-5-10(16(18)19)20-11(14-5)15-9(17)7-3-2-6(12)4-8(7)13/h2-4H,13H2,1H3,(H,14,15,17). The largest absolute Gasteiger partial charge is 0.398 e. The van der Waals surface area contributed by atoms with E-state index in [0.29, 0.717) is 11.3 Å². The van der Waals surface area contributed by atoms with Gasteiger partial charge in [0.15, 0.2) is 5.13 Å². The van der Waals surface area contributed by atoms with Gasteiger partial charge < -0.3 is 5.73 Å². The van der Waals surface area contributed by atoms with Gasteiger partial charge in [-0.3, -0.25) is 20.2 Å². The molecule has 0 bridgehead atoms. The Morgan fingerprint density at radius 1 is 1.55 bits per heavy atom. The molecule has 1 aromatic carbocycles. The molecule has 20 heavy (non-hydrogen) atoms. The van der Waals surface area contributed by atoms with Crippen LogP contribution < -0.4 is 11.1 Å². The third-order valence-corrected chi connectivity index (χ3v) is 4.11. The Balaban J connectivity index is 2.23. The van der Waals surface area contributed by atoms with Crippen LogP contribution in [0.4, 0.5) is 15.8 Å². The van der Waals surface area contributed by atoms with Gasteiger partial charge in [0, 0.05) is 9.26 Å². The number of anilines is 2. The number of rotatable bonds is 3. The van der Waals surface area contributed by atoms with E-state index in [1.54, 1.807) is 18.2 Å². The maximum atomic E-state index is 12.0. The Labute approximate surface area is 131 Å². The zero-order valence-corrected chi connectivity index (χ0v) is 13.2. The van der Waals surface area contributed by atoms with Crippen molar-refractivity contribution in [3.05, 3.63) is 43.1 Å². The van der Waals surface area contributed by atoms with Crippen molar-refractivity contribution in [2.45, 2.75) is 6.92 Å². The molecule has 0 fully saturated rings. The Bertz CT molecular complexity index is 701. The van der Waals surface area contributed by atoms with Crippen molar-refractivity contribution in [1.29, 1.82) is 0 Å². The Kier molecular flexibility index (Phi) is 4.18. The number of nitrogen functional groups attached to an aromatic ring is 1. The molecule has 0 saturated carbocycles. The van der Waals surface area contributed by atoms with Crippen molar-refractivity contribution >= 4 is 55.7 Å². The van der Waals surface area contributed by atoms with Crippen molar-refractivity contribution in [2.24, 2.45) is 0 Å². The summed E-state index contributed by atoms with van der Waals surface area (Å²) >= 11 is 2.90. The van der Waals surface area contributed by atoms with Crippen LogP contribution in [0.3, 0.4) is 0 Å². The number of halogens is 1. The SMILES string of the molecule is Cc1nc(NC(=O)c2ccc(I)cc2N)sc1[N+](=O)[O-]. The number of carbonyl (C=O) groups is 1. The van der Waals surface area contributed by atoms with E-state index in [4.69, 9.17) is 5.73 Å². The number of nitrogens with one attached hydrogen (secondary N) is 1. The molecule has 1 aromatic heterocycles. The summed E-state index contributed by atoms with van der Waals surface area (Å²) in [5, 5.41) is 13.3. The monoisotopic (exact) mass is 404 g/mol. The Hall–Kier alpha value is -1.75. The fourth-order valence-corrected chi connectivity index (χ4v) is 2.81. The van der Waals surface area contributed by atoms with Gasteiger partial charge in [0.05, 0.1) is 10.5 Å². The topological polar surface area (TPSA) is 111 Å². The van der Waals surface area contributed by atoms with E-state index in [9.17, 15) is 14.9 Å². The average Bonchev–Trinajstić information content (AvgIpc) is 2.70. The molecule has 0 unspecified atom stereocenters. The zero-order valence-electron chi connectivity index (χ0n) is 10.2. The van der Waals surface area contributed by atoms with E-state index in [2.05, 4.69) is 32.9 Å². The highest BCUT2D eigenvalue weighted by Crippen LogP contribution is 2.30. The van der Waals surface area contributed by atoms with Crippen LogP contribution in [0.25, 0.3) is 0 Å². The lowest BCUT2D eigenvalue weighted by Crippen LogP contribution is -2.14. The number of amides is 1. The predicted octanol–water partition coefficient (Wildman–Crippen LogP) is 2.80. The molecule has 7 nitrogen and oxygen atoms in total. The third-order valence-electron chi connectivity index (χ3n) is 2.42. The van der Waals surface area contributed by atoms with E-state index in [1.807, 2.05) is 0 Å². The van der Waals surface area contributed by atoms with Gasteiger partial charge >= 0.3 is 5.00 Å². The molecule has 2 aromatic rings. The number of hydrogen-bond donors (Lipinski definition) is 2. The van der Waals surface area contributed by atoms with Gasteiger partial charge in [-0.15, -0.1) is 0 Å². The lowest BCUT2D eigenvalue weighted by atomic mass is 10.2. The van der Waals surface area contributed by atoms with Crippen molar-refractivity contribution in [2.75, 3.05) is 11.1 Å². The molecule has 1 heterocycles. The highest BCUT2D eigenvalue weighted by molar-refractivity contribution is 14.1. The number of aromatic nitrogens is 1. The summed E-state index contributed by atoms with van der Waals surface area (Å²) in [6.07, 6.45) is 0. The van der Waals surface area contributed by atoms with Gasteiger partial charge in [-0.05, 0) is 59.1 Å². The first-order valence-electron chi connectivity index (χ1n) is 5.36. The predicted molar refractivity (Wildman–Crippen MR) is 85.0 cm³/mol. The molecule has 0 aliphatic carbocycles. The summed E-state index contributed by atoms with van der Waals surface area (Å²) in [6.45, 7) is 1.52.